The van der Waals surface area contributed by atoms with Crippen molar-refractivity contribution in [2.24, 2.45) is 5.92 Å². The number of carboxylic acids is 3. The highest BCUT2D eigenvalue weighted by atomic mass is 16.4. The molecule has 0 amide bonds. The summed E-state index contributed by atoms with van der Waals surface area (Å²) in [6, 6.07) is 0. The predicted octanol–water partition coefficient (Wildman–Crippen LogP) is -3.03. The van der Waals surface area contributed by atoms with Gasteiger partial charge < -0.3 is 24.9 Å². The zero-order chi connectivity index (χ0) is 9.72. The molecule has 0 aliphatic carbocycles. The highest BCUT2D eigenvalue weighted by Crippen LogP contribution is 2.06. The fourth-order valence-electron chi connectivity index (χ4n) is 0.649. The van der Waals surface area contributed by atoms with E-state index in [1.165, 1.54) is 0 Å². The highest BCUT2D eigenvalue weighted by Gasteiger charge is 2.17. The first-order valence-electron chi connectivity index (χ1n) is 3.06. The topological polar surface area (TPSA) is 118 Å². The average Bonchev–Trinajstić information content (AvgIpc) is 1.83. The maximum absolute atomic E-state index is 10.2. The van der Waals surface area contributed by atoms with Crippen LogP contribution in [0.15, 0.2) is 0 Å². The number of carbonyl (C=O) groups is 3. The van der Waals surface area contributed by atoms with Crippen LogP contribution in [0.4, 0.5) is 0 Å². The van der Waals surface area contributed by atoms with Gasteiger partial charge in [-0.15, -0.1) is 0 Å². The Hall–Kier alpha value is -1.59. The van der Waals surface area contributed by atoms with Gasteiger partial charge in [-0.2, -0.15) is 0 Å². The minimum absolute atomic E-state index is 0.816. The van der Waals surface area contributed by atoms with Crippen molar-refractivity contribution in [1.29, 1.82) is 0 Å². The summed E-state index contributed by atoms with van der Waals surface area (Å²) in [5, 5.41) is 28.1. The van der Waals surface area contributed by atoms with Crippen LogP contribution in [0, 0.1) is 5.92 Å². The first-order valence-corrected chi connectivity index (χ1v) is 3.06. The lowest BCUT2D eigenvalue weighted by molar-refractivity contribution is -0.309. The molecule has 0 saturated carbocycles. The van der Waals surface area contributed by atoms with E-state index < -0.39 is 36.7 Å². The molecule has 6 nitrogen and oxygen atoms in total. The SMILES string of the molecule is O=C([O-])CC(CC(=O)[O-])C(=O)O. The molecule has 0 radical (unpaired) electrons. The quantitative estimate of drug-likeness (QED) is 0.473. The average molecular weight is 174 g/mol. The Morgan fingerprint density at radius 2 is 1.42 bits per heavy atom. The number of carbonyl (C=O) groups excluding carboxylic acids is 2. The third-order valence-corrected chi connectivity index (χ3v) is 1.18. The number of carboxylic acid groups (broad SMARTS) is 3. The van der Waals surface area contributed by atoms with Crippen LogP contribution in [0.2, 0.25) is 0 Å². The smallest absolute Gasteiger partial charge is 0.307 e. The molecule has 0 aromatic rings. The summed E-state index contributed by atoms with van der Waals surface area (Å²) in [4.78, 5) is 30.0. The lowest BCUT2D eigenvalue weighted by atomic mass is 10.0. The molecule has 0 saturated heterocycles. The first-order chi connectivity index (χ1) is 5.43. The molecule has 0 atom stereocenters. The monoisotopic (exact) mass is 174 g/mol. The number of hydrogen-bond acceptors (Lipinski definition) is 5. The summed E-state index contributed by atoms with van der Waals surface area (Å²) in [6.07, 6.45) is -1.63. The molecule has 12 heavy (non-hydrogen) atoms. The Bertz CT molecular complexity index is 192. The minimum Gasteiger partial charge on any atom is -0.550 e. The van der Waals surface area contributed by atoms with Crippen molar-refractivity contribution in [2.45, 2.75) is 12.8 Å². The second-order valence-electron chi connectivity index (χ2n) is 2.19. The Morgan fingerprint density at radius 1 is 1.08 bits per heavy atom. The zero-order valence-electron chi connectivity index (χ0n) is 5.98. The molecule has 0 heterocycles. The number of rotatable bonds is 5. The summed E-state index contributed by atoms with van der Waals surface area (Å²) >= 11 is 0. The number of aliphatic carboxylic acids is 3. The van der Waals surface area contributed by atoms with Gasteiger partial charge in [0.05, 0.1) is 5.92 Å². The van der Waals surface area contributed by atoms with Gasteiger partial charge in [0, 0.05) is 24.8 Å². The van der Waals surface area contributed by atoms with Crippen molar-refractivity contribution in [1.82, 2.24) is 0 Å². The second-order valence-corrected chi connectivity index (χ2v) is 2.19. The Kier molecular flexibility index (Phi) is 3.75. The van der Waals surface area contributed by atoms with E-state index in [0.29, 0.717) is 0 Å². The summed E-state index contributed by atoms with van der Waals surface area (Å²) < 4.78 is 0. The van der Waals surface area contributed by atoms with Gasteiger partial charge in [-0.05, 0) is 0 Å². The van der Waals surface area contributed by atoms with Crippen molar-refractivity contribution in [3.05, 3.63) is 0 Å². The summed E-state index contributed by atoms with van der Waals surface area (Å²) in [5.74, 6) is -6.14. The van der Waals surface area contributed by atoms with Crippen LogP contribution in [0.3, 0.4) is 0 Å². The molecule has 0 aliphatic rings. The van der Waals surface area contributed by atoms with Gasteiger partial charge in [0.25, 0.3) is 0 Å². The van der Waals surface area contributed by atoms with Crippen molar-refractivity contribution in [3.63, 3.8) is 0 Å². The molecule has 0 aliphatic heterocycles. The molecule has 68 valence electrons. The van der Waals surface area contributed by atoms with Crippen molar-refractivity contribution >= 4 is 17.9 Å². The summed E-state index contributed by atoms with van der Waals surface area (Å²) in [6.45, 7) is 0. The van der Waals surface area contributed by atoms with Crippen LogP contribution in [0.1, 0.15) is 12.8 Å². The molecule has 0 spiro atoms. The van der Waals surface area contributed by atoms with Gasteiger partial charge >= 0.3 is 5.97 Å². The molecule has 0 fully saturated rings. The molecule has 0 rings (SSSR count). The molecule has 0 aromatic carbocycles. The van der Waals surface area contributed by atoms with Gasteiger partial charge in [-0.1, -0.05) is 0 Å². The largest absolute Gasteiger partial charge is 0.550 e. The fourth-order valence-corrected chi connectivity index (χ4v) is 0.649. The third-order valence-electron chi connectivity index (χ3n) is 1.18. The highest BCUT2D eigenvalue weighted by molar-refractivity contribution is 5.81. The van der Waals surface area contributed by atoms with Gasteiger partial charge in [0.1, 0.15) is 0 Å². The molecular formula is C6H6O6-2. The first kappa shape index (κ1) is 10.4. The Labute approximate surface area is 67.4 Å². The van der Waals surface area contributed by atoms with E-state index in [2.05, 4.69) is 0 Å². The van der Waals surface area contributed by atoms with Crippen molar-refractivity contribution in [3.8, 4) is 0 Å². The van der Waals surface area contributed by atoms with Gasteiger partial charge in [-0.3, -0.25) is 4.79 Å². The van der Waals surface area contributed by atoms with E-state index in [0.717, 1.165) is 0 Å². The number of hydrogen-bond donors (Lipinski definition) is 1. The van der Waals surface area contributed by atoms with Crippen molar-refractivity contribution < 1.29 is 29.7 Å². The van der Waals surface area contributed by atoms with Crippen molar-refractivity contribution in [2.75, 3.05) is 0 Å². The van der Waals surface area contributed by atoms with E-state index >= 15 is 0 Å². The third kappa shape index (κ3) is 4.26. The molecule has 0 aromatic heterocycles. The van der Waals surface area contributed by atoms with E-state index in [1.807, 2.05) is 0 Å². The van der Waals surface area contributed by atoms with Crippen LogP contribution in [0.25, 0.3) is 0 Å². The van der Waals surface area contributed by atoms with E-state index in [-0.39, 0.29) is 0 Å². The Balaban J connectivity index is 4.14. The van der Waals surface area contributed by atoms with Crippen LogP contribution >= 0.6 is 0 Å². The molecule has 0 unspecified atom stereocenters. The second kappa shape index (κ2) is 4.32. The maximum atomic E-state index is 10.2. The summed E-state index contributed by atoms with van der Waals surface area (Å²) in [7, 11) is 0. The van der Waals surface area contributed by atoms with Gasteiger partial charge in [-0.25, -0.2) is 0 Å². The van der Waals surface area contributed by atoms with E-state index in [9.17, 15) is 24.6 Å². The molecule has 6 heteroatoms. The van der Waals surface area contributed by atoms with E-state index in [1.54, 1.807) is 0 Å². The Morgan fingerprint density at radius 3 is 1.58 bits per heavy atom. The van der Waals surface area contributed by atoms with Crippen LogP contribution < -0.4 is 10.2 Å². The predicted molar refractivity (Wildman–Crippen MR) is 30.4 cm³/mol. The van der Waals surface area contributed by atoms with Gasteiger partial charge in [0.2, 0.25) is 0 Å². The lowest BCUT2D eigenvalue weighted by Crippen LogP contribution is -2.33. The van der Waals surface area contributed by atoms with E-state index in [4.69, 9.17) is 5.11 Å². The van der Waals surface area contributed by atoms with Crippen LogP contribution in [-0.2, 0) is 14.4 Å². The van der Waals surface area contributed by atoms with Crippen LogP contribution in [-0.4, -0.2) is 23.0 Å². The standard InChI is InChI=1S/C6H8O6/c7-4(8)1-3(6(11)12)2-5(9)10/h3H,1-2H2,(H,7,8)(H,9,10)(H,11,12)/p-2. The maximum Gasteiger partial charge on any atom is 0.307 e. The molecule has 1 N–H and O–H groups in total. The lowest BCUT2D eigenvalue weighted by Gasteiger charge is -2.12. The molecule has 0 bridgehead atoms. The van der Waals surface area contributed by atoms with Crippen LogP contribution in [0.5, 0.6) is 0 Å². The van der Waals surface area contributed by atoms with Gasteiger partial charge in [0.15, 0.2) is 0 Å². The fraction of sp³-hybridized carbons (Fsp3) is 0.500. The zero-order valence-corrected chi connectivity index (χ0v) is 5.98. The molecular weight excluding hydrogens is 168 g/mol. The minimum atomic E-state index is -1.59. The normalized spacial score (nSPS) is 9.75. The summed E-state index contributed by atoms with van der Waals surface area (Å²) in [5.41, 5.74) is 0.